The molecule has 0 saturated heterocycles. The normalized spacial score (nSPS) is 15.9. The number of benzene rings is 2. The molecule has 0 saturated carbocycles. The smallest absolute Gasteiger partial charge is 0.326 e. The molecule has 184 valence electrons. The molecule has 0 fully saturated rings. The van der Waals surface area contributed by atoms with Gasteiger partial charge in [0, 0.05) is 13.1 Å². The fourth-order valence-electron chi connectivity index (χ4n) is 4.25. The van der Waals surface area contributed by atoms with Crippen molar-refractivity contribution < 1.29 is 14.6 Å². The zero-order valence-corrected chi connectivity index (χ0v) is 21.0. The van der Waals surface area contributed by atoms with Crippen LogP contribution < -0.4 is 10.5 Å². The molecule has 34 heavy (non-hydrogen) atoms. The van der Waals surface area contributed by atoms with Crippen molar-refractivity contribution in [1.29, 1.82) is 0 Å². The van der Waals surface area contributed by atoms with Gasteiger partial charge < -0.3 is 14.7 Å². The second-order valence-electron chi connectivity index (χ2n) is 9.68. The zero-order chi connectivity index (χ0) is 24.9. The lowest BCUT2D eigenvalue weighted by Gasteiger charge is -2.33. The van der Waals surface area contributed by atoms with E-state index in [-0.39, 0.29) is 30.0 Å². The molecule has 2 aromatic rings. The Labute approximate surface area is 203 Å². The number of hydrogen-bond donors (Lipinski definition) is 2. The van der Waals surface area contributed by atoms with Crippen LogP contribution in [-0.2, 0) is 5.41 Å². The Bertz CT molecular complexity index is 1010. The Morgan fingerprint density at radius 2 is 1.79 bits per heavy atom. The maximum Gasteiger partial charge on any atom is 0.326 e. The van der Waals surface area contributed by atoms with Crippen molar-refractivity contribution in [2.75, 3.05) is 26.4 Å². The minimum absolute atomic E-state index is 0.0288. The molecule has 1 heterocycles. The molecule has 1 aliphatic rings. The fourth-order valence-corrected chi connectivity index (χ4v) is 4.25. The number of amidine groups is 1. The van der Waals surface area contributed by atoms with Crippen molar-refractivity contribution in [3.63, 3.8) is 0 Å². The molecule has 0 spiro atoms. The van der Waals surface area contributed by atoms with Crippen molar-refractivity contribution in [2.24, 2.45) is 10.7 Å². The van der Waals surface area contributed by atoms with E-state index in [0.29, 0.717) is 31.2 Å². The third-order valence-electron chi connectivity index (χ3n) is 6.02. The van der Waals surface area contributed by atoms with E-state index < -0.39 is 0 Å². The second-order valence-corrected chi connectivity index (χ2v) is 9.68. The first-order chi connectivity index (χ1) is 16.2. The van der Waals surface area contributed by atoms with E-state index in [1.807, 2.05) is 29.2 Å². The van der Waals surface area contributed by atoms with Crippen LogP contribution >= 0.6 is 0 Å². The minimum atomic E-state index is -0.271. The number of carbonyl (C=O) groups is 1. The molecule has 0 radical (unpaired) electrons. The van der Waals surface area contributed by atoms with Crippen LogP contribution in [0.1, 0.15) is 70.2 Å². The fraction of sp³-hybridized carbons (Fsp3) is 0.481. The summed E-state index contributed by atoms with van der Waals surface area (Å²) < 4.78 is 5.84. The minimum Gasteiger partial charge on any atom is -0.508 e. The summed E-state index contributed by atoms with van der Waals surface area (Å²) in [6.07, 6.45) is 1.75. The summed E-state index contributed by atoms with van der Waals surface area (Å²) in [4.78, 5) is 22.4. The van der Waals surface area contributed by atoms with Crippen LogP contribution in [0, 0.1) is 0 Å². The van der Waals surface area contributed by atoms with Gasteiger partial charge in [0.1, 0.15) is 24.1 Å². The van der Waals surface area contributed by atoms with Crippen molar-refractivity contribution in [3.8, 4) is 11.5 Å². The maximum atomic E-state index is 13.9. The van der Waals surface area contributed by atoms with Crippen molar-refractivity contribution in [1.82, 2.24) is 9.80 Å². The molecule has 2 amide bonds. The molecular formula is C27H38N4O3. The molecule has 3 N–H and O–H groups in total. The highest BCUT2D eigenvalue weighted by atomic mass is 16.5. The molecule has 0 aliphatic carbocycles. The van der Waals surface area contributed by atoms with Crippen LogP contribution in [0.4, 0.5) is 4.79 Å². The van der Waals surface area contributed by atoms with Gasteiger partial charge in [0.05, 0.1) is 18.2 Å². The molecule has 3 rings (SSSR count). The van der Waals surface area contributed by atoms with Crippen LogP contribution in [0.15, 0.2) is 47.5 Å². The summed E-state index contributed by atoms with van der Waals surface area (Å²) in [6.45, 7) is 12.4. The van der Waals surface area contributed by atoms with Gasteiger partial charge in [-0.2, -0.15) is 0 Å². The van der Waals surface area contributed by atoms with E-state index in [4.69, 9.17) is 15.5 Å². The van der Waals surface area contributed by atoms with Gasteiger partial charge in [-0.15, -0.1) is 0 Å². The van der Waals surface area contributed by atoms with Gasteiger partial charge >= 0.3 is 6.03 Å². The van der Waals surface area contributed by atoms with E-state index in [1.165, 1.54) is 0 Å². The first-order valence-corrected chi connectivity index (χ1v) is 12.1. The third kappa shape index (κ3) is 5.53. The first kappa shape index (κ1) is 25.6. The van der Waals surface area contributed by atoms with E-state index in [9.17, 15) is 9.90 Å². The van der Waals surface area contributed by atoms with Crippen LogP contribution in [-0.4, -0.2) is 53.1 Å². The monoisotopic (exact) mass is 466 g/mol. The second kappa shape index (κ2) is 10.9. The number of carbonyl (C=O) groups excluding carboxylic acids is 1. The van der Waals surface area contributed by atoms with Crippen LogP contribution in [0.2, 0.25) is 0 Å². The highest BCUT2D eigenvalue weighted by molar-refractivity contribution is 6.10. The van der Waals surface area contributed by atoms with E-state index in [1.54, 1.807) is 17.0 Å². The summed E-state index contributed by atoms with van der Waals surface area (Å²) in [7, 11) is 0. The molecule has 2 aromatic carbocycles. The van der Waals surface area contributed by atoms with Crippen molar-refractivity contribution >= 4 is 11.9 Å². The number of phenols is 1. The number of aromatic hydroxyl groups is 1. The van der Waals surface area contributed by atoms with Gasteiger partial charge in [-0.25, -0.2) is 4.79 Å². The Hall–Kier alpha value is -3.06. The van der Waals surface area contributed by atoms with E-state index >= 15 is 0 Å². The van der Waals surface area contributed by atoms with Gasteiger partial charge in [0.25, 0.3) is 0 Å². The molecular weight excluding hydrogens is 428 g/mol. The van der Waals surface area contributed by atoms with Gasteiger partial charge in [-0.1, -0.05) is 52.8 Å². The Kier molecular flexibility index (Phi) is 8.20. The standard InChI is InChI=1S/C27H38N4O3/c1-6-14-30(15-7-2)26(33)31-23(19-8-11-21(32)12-9-19)17-29-25(31)22-13-10-20(27(3,4)5)16-24(22)34-18-28/h8-13,16,23,32H,6-7,14-15,17-18,28H2,1-5H3/t23-/m0/s1. The predicted molar refractivity (Wildman–Crippen MR) is 136 cm³/mol. The lowest BCUT2D eigenvalue weighted by molar-refractivity contribution is 0.167. The number of phenolic OH excluding ortho intramolecular Hbond substituents is 1. The van der Waals surface area contributed by atoms with Crippen LogP contribution in [0.25, 0.3) is 0 Å². The Balaban J connectivity index is 2.09. The van der Waals surface area contributed by atoms with Gasteiger partial charge in [-0.05, 0) is 53.6 Å². The molecule has 7 nitrogen and oxygen atoms in total. The third-order valence-corrected chi connectivity index (χ3v) is 6.02. The van der Waals surface area contributed by atoms with E-state index in [0.717, 1.165) is 29.5 Å². The number of rotatable bonds is 8. The largest absolute Gasteiger partial charge is 0.508 e. The van der Waals surface area contributed by atoms with Crippen molar-refractivity contribution in [2.45, 2.75) is 58.9 Å². The Morgan fingerprint density at radius 1 is 1.15 bits per heavy atom. The number of urea groups is 1. The summed E-state index contributed by atoms with van der Waals surface area (Å²) in [5.74, 6) is 1.40. The highest BCUT2D eigenvalue weighted by Gasteiger charge is 2.38. The molecule has 1 aliphatic heterocycles. The number of ether oxygens (including phenoxy) is 1. The van der Waals surface area contributed by atoms with Gasteiger partial charge in [0.15, 0.2) is 0 Å². The average Bonchev–Trinajstić information content (AvgIpc) is 3.23. The molecule has 0 unspecified atom stereocenters. The lowest BCUT2D eigenvalue weighted by atomic mass is 9.86. The van der Waals surface area contributed by atoms with Crippen molar-refractivity contribution in [3.05, 3.63) is 59.2 Å². The Morgan fingerprint density at radius 3 is 2.35 bits per heavy atom. The SMILES string of the molecule is CCCN(CCC)C(=O)N1C(c2ccc(C(C)(C)C)cc2OCN)=NC[C@H]1c1ccc(O)cc1. The zero-order valence-electron chi connectivity index (χ0n) is 21.0. The van der Waals surface area contributed by atoms with Gasteiger partial charge in [0.2, 0.25) is 0 Å². The van der Waals surface area contributed by atoms with Crippen LogP contribution in [0.3, 0.4) is 0 Å². The molecule has 7 heteroatoms. The van der Waals surface area contributed by atoms with E-state index in [2.05, 4.69) is 40.7 Å². The summed E-state index contributed by atoms with van der Waals surface area (Å²) >= 11 is 0. The first-order valence-electron chi connectivity index (χ1n) is 12.1. The number of hydrogen-bond acceptors (Lipinski definition) is 5. The summed E-state index contributed by atoms with van der Waals surface area (Å²) in [6, 6.07) is 12.7. The molecule has 1 atom stereocenters. The predicted octanol–water partition coefficient (Wildman–Crippen LogP) is 5.03. The number of nitrogens with two attached hydrogens (primary N) is 1. The van der Waals surface area contributed by atoms with Gasteiger partial charge in [-0.3, -0.25) is 15.6 Å². The number of nitrogens with zero attached hydrogens (tertiary/aromatic N) is 3. The molecule has 0 bridgehead atoms. The lowest BCUT2D eigenvalue weighted by Crippen LogP contribution is -2.47. The topological polar surface area (TPSA) is 91.4 Å². The number of amides is 2. The quantitative estimate of drug-likeness (QED) is 0.534. The summed E-state index contributed by atoms with van der Waals surface area (Å²) in [5.41, 5.74) is 8.49. The number of aliphatic imine (C=N–C) groups is 1. The maximum absolute atomic E-state index is 13.9. The summed E-state index contributed by atoms with van der Waals surface area (Å²) in [5, 5.41) is 9.77. The average molecular weight is 467 g/mol. The highest BCUT2D eigenvalue weighted by Crippen LogP contribution is 2.35. The molecule has 0 aromatic heterocycles. The van der Waals surface area contributed by atoms with Crippen LogP contribution in [0.5, 0.6) is 11.5 Å².